The number of aromatic amines is 1. The summed E-state index contributed by atoms with van der Waals surface area (Å²) in [6, 6.07) is 9.49. The molecule has 16 heteroatoms. The van der Waals surface area contributed by atoms with Gasteiger partial charge in [-0.25, -0.2) is 9.78 Å². The Balaban J connectivity index is 1.60. The first-order chi connectivity index (χ1) is 23.0. The first-order valence-electron chi connectivity index (χ1n) is 15.3. The molecule has 0 saturated carbocycles. The number of nitrogens with one attached hydrogen (secondary N) is 6. The minimum atomic E-state index is -1.41. The molecule has 48 heavy (non-hydrogen) atoms. The van der Waals surface area contributed by atoms with Gasteiger partial charge in [0, 0.05) is 32.0 Å². The van der Waals surface area contributed by atoms with Crippen LogP contribution in [0, 0.1) is 19.3 Å². The third-order valence-electron chi connectivity index (χ3n) is 7.59. The summed E-state index contributed by atoms with van der Waals surface area (Å²) in [4.78, 5) is 50.9. The van der Waals surface area contributed by atoms with Crippen molar-refractivity contribution in [2.45, 2.75) is 64.1 Å². The standard InChI is InChI=1S/C32H40N10O6/c1-18-11-22(43)12-19(2)23(18)15-25(38-28(44)24(40-32(46)47)9-6-10-36-31(33)34)29(45)39-26(14-21-16-35-17-37-21)30-41-27(42-48-30)13-20-7-4-3-5-8-20/h3-5,7-8,11-12,16-17,24-26,40,43H,6,9-10,13-15H2,1-2H3,(H,35,37)(H,38,44)(H,39,45)(H,46,47)(H4,33,34,36)/t24?,25?,26-/m0/s1. The van der Waals surface area contributed by atoms with Gasteiger partial charge in [0.25, 0.3) is 0 Å². The molecule has 0 radical (unpaired) electrons. The molecule has 0 aliphatic rings. The number of guanidine groups is 1. The molecule has 2 aromatic heterocycles. The van der Waals surface area contributed by atoms with Crippen molar-refractivity contribution in [3.8, 4) is 5.75 Å². The number of H-pyrrole nitrogens is 1. The molecule has 0 spiro atoms. The summed E-state index contributed by atoms with van der Waals surface area (Å²) in [5.74, 6) is -0.948. The van der Waals surface area contributed by atoms with Crippen LogP contribution in [-0.2, 0) is 28.9 Å². The number of aromatic nitrogens is 4. The highest BCUT2D eigenvalue weighted by Crippen LogP contribution is 2.23. The molecule has 2 unspecified atom stereocenters. The number of phenols is 1. The highest BCUT2D eigenvalue weighted by atomic mass is 16.5. The summed E-state index contributed by atoms with van der Waals surface area (Å²) < 4.78 is 5.60. The SMILES string of the molecule is Cc1cc(O)cc(C)c1CC(NC(=O)C(CCCNC(=N)N)NC(=O)O)C(=O)N[C@@H](Cc1c[nH]cn1)c1nc(Cc2ccccc2)no1. The van der Waals surface area contributed by atoms with E-state index in [9.17, 15) is 24.6 Å². The minimum absolute atomic E-state index is 0.0272. The monoisotopic (exact) mass is 660 g/mol. The van der Waals surface area contributed by atoms with Crippen molar-refractivity contribution < 1.29 is 29.1 Å². The van der Waals surface area contributed by atoms with Gasteiger partial charge in [-0.2, -0.15) is 4.98 Å². The molecule has 0 aliphatic carbocycles. The molecule has 0 bridgehead atoms. The summed E-state index contributed by atoms with van der Waals surface area (Å²) in [6.45, 7) is 3.80. The molecular formula is C32H40N10O6. The van der Waals surface area contributed by atoms with Crippen LogP contribution >= 0.6 is 0 Å². The lowest BCUT2D eigenvalue weighted by atomic mass is 9.95. The third-order valence-corrected chi connectivity index (χ3v) is 7.59. The molecule has 3 atom stereocenters. The number of aryl methyl sites for hydroxylation is 2. The molecular weight excluding hydrogens is 620 g/mol. The van der Waals surface area contributed by atoms with E-state index < -0.39 is 36.0 Å². The van der Waals surface area contributed by atoms with Gasteiger partial charge in [-0.05, 0) is 61.1 Å². The number of carbonyl (C=O) groups excluding carboxylic acids is 2. The van der Waals surface area contributed by atoms with Crippen LogP contribution in [-0.4, -0.2) is 72.8 Å². The number of amides is 3. The molecule has 10 N–H and O–H groups in total. The second kappa shape index (κ2) is 16.6. The highest BCUT2D eigenvalue weighted by molar-refractivity contribution is 5.91. The Morgan fingerprint density at radius 2 is 1.73 bits per heavy atom. The van der Waals surface area contributed by atoms with E-state index in [4.69, 9.17) is 15.7 Å². The lowest BCUT2D eigenvalue weighted by Gasteiger charge is -2.25. The number of aromatic hydroxyl groups is 1. The van der Waals surface area contributed by atoms with Crippen LogP contribution < -0.4 is 27.0 Å². The second-order valence-electron chi connectivity index (χ2n) is 11.3. The summed E-state index contributed by atoms with van der Waals surface area (Å²) in [5.41, 5.74) is 9.02. The second-order valence-corrected chi connectivity index (χ2v) is 11.3. The fourth-order valence-corrected chi connectivity index (χ4v) is 5.27. The zero-order chi connectivity index (χ0) is 34.6. The predicted molar refractivity (Wildman–Crippen MR) is 174 cm³/mol. The van der Waals surface area contributed by atoms with Gasteiger partial charge < -0.3 is 46.7 Å². The van der Waals surface area contributed by atoms with E-state index in [-0.39, 0.29) is 43.4 Å². The Hall–Kier alpha value is -5.93. The van der Waals surface area contributed by atoms with Gasteiger partial charge in [-0.1, -0.05) is 35.5 Å². The predicted octanol–water partition coefficient (Wildman–Crippen LogP) is 1.73. The number of hydrogen-bond acceptors (Lipinski definition) is 9. The maximum Gasteiger partial charge on any atom is 0.405 e. The van der Waals surface area contributed by atoms with Crippen molar-refractivity contribution in [3.63, 3.8) is 0 Å². The zero-order valence-corrected chi connectivity index (χ0v) is 26.6. The summed E-state index contributed by atoms with van der Waals surface area (Å²) in [5, 5.41) is 41.4. The van der Waals surface area contributed by atoms with Gasteiger partial charge >= 0.3 is 6.09 Å². The number of rotatable bonds is 16. The molecule has 0 saturated heterocycles. The molecule has 0 aliphatic heterocycles. The van der Waals surface area contributed by atoms with Crippen LogP contribution in [0.25, 0.3) is 0 Å². The largest absolute Gasteiger partial charge is 0.508 e. The minimum Gasteiger partial charge on any atom is -0.508 e. The zero-order valence-electron chi connectivity index (χ0n) is 26.6. The van der Waals surface area contributed by atoms with E-state index in [1.54, 1.807) is 32.2 Å². The molecule has 254 valence electrons. The van der Waals surface area contributed by atoms with Crippen molar-refractivity contribution >= 4 is 23.9 Å². The Kier molecular flexibility index (Phi) is 12.1. The number of nitrogens with zero attached hydrogens (tertiary/aromatic N) is 3. The quantitative estimate of drug-likeness (QED) is 0.0475. The van der Waals surface area contributed by atoms with Gasteiger partial charge in [-0.15, -0.1) is 0 Å². The number of carbonyl (C=O) groups is 3. The van der Waals surface area contributed by atoms with E-state index in [2.05, 4.69) is 41.4 Å². The number of imidazole rings is 1. The first kappa shape index (κ1) is 34.9. The maximum atomic E-state index is 14.1. The van der Waals surface area contributed by atoms with Crippen LogP contribution in [0.1, 0.15) is 58.5 Å². The fourth-order valence-electron chi connectivity index (χ4n) is 5.27. The lowest BCUT2D eigenvalue weighted by Crippen LogP contribution is -2.55. The van der Waals surface area contributed by atoms with Crippen LogP contribution in [0.15, 0.2) is 59.5 Å². The maximum absolute atomic E-state index is 14.1. The van der Waals surface area contributed by atoms with Crippen LogP contribution in [0.3, 0.4) is 0 Å². The summed E-state index contributed by atoms with van der Waals surface area (Å²) in [6.07, 6.45) is 2.76. The summed E-state index contributed by atoms with van der Waals surface area (Å²) >= 11 is 0. The smallest absolute Gasteiger partial charge is 0.405 e. The van der Waals surface area contributed by atoms with Crippen molar-refractivity contribution in [2.75, 3.05) is 6.54 Å². The number of carboxylic acid groups (broad SMARTS) is 1. The van der Waals surface area contributed by atoms with Crippen molar-refractivity contribution in [1.82, 2.24) is 41.4 Å². The van der Waals surface area contributed by atoms with Gasteiger partial charge in [0.15, 0.2) is 11.8 Å². The van der Waals surface area contributed by atoms with Gasteiger partial charge in [-0.3, -0.25) is 15.0 Å². The molecule has 3 amide bonds. The van der Waals surface area contributed by atoms with Crippen LogP contribution in [0.4, 0.5) is 4.79 Å². The van der Waals surface area contributed by atoms with E-state index in [0.717, 1.165) is 5.56 Å². The number of benzene rings is 2. The van der Waals surface area contributed by atoms with Crippen molar-refractivity contribution in [2.24, 2.45) is 5.73 Å². The first-order valence-corrected chi connectivity index (χ1v) is 15.3. The molecule has 4 aromatic rings. The fraction of sp³-hybridized carbons (Fsp3) is 0.344. The molecule has 2 heterocycles. The molecule has 0 fully saturated rings. The average molecular weight is 661 g/mol. The molecule has 2 aromatic carbocycles. The Morgan fingerprint density at radius 1 is 1.02 bits per heavy atom. The number of nitrogens with two attached hydrogens (primary N) is 1. The van der Waals surface area contributed by atoms with Crippen molar-refractivity contribution in [3.05, 3.63) is 94.7 Å². The molecule has 4 rings (SSSR count). The normalized spacial score (nSPS) is 12.8. The average Bonchev–Trinajstić information content (AvgIpc) is 3.72. The van der Waals surface area contributed by atoms with E-state index in [0.29, 0.717) is 41.1 Å². The van der Waals surface area contributed by atoms with Gasteiger partial charge in [0.05, 0.1) is 12.0 Å². The van der Waals surface area contributed by atoms with Crippen LogP contribution in [0.2, 0.25) is 0 Å². The van der Waals surface area contributed by atoms with E-state index in [1.807, 2.05) is 30.3 Å². The van der Waals surface area contributed by atoms with Gasteiger partial charge in [0.1, 0.15) is 23.9 Å². The summed E-state index contributed by atoms with van der Waals surface area (Å²) in [7, 11) is 0. The van der Waals surface area contributed by atoms with E-state index >= 15 is 0 Å². The Morgan fingerprint density at radius 3 is 2.38 bits per heavy atom. The molecule has 16 nitrogen and oxygen atoms in total. The van der Waals surface area contributed by atoms with Gasteiger partial charge in [0.2, 0.25) is 17.7 Å². The Bertz CT molecular complexity index is 1670. The topological polar surface area (TPSA) is 257 Å². The lowest BCUT2D eigenvalue weighted by molar-refractivity contribution is -0.130. The third kappa shape index (κ3) is 10.3. The van der Waals surface area contributed by atoms with Crippen LogP contribution in [0.5, 0.6) is 5.75 Å². The Labute approximate surface area is 276 Å². The number of hydrogen-bond donors (Lipinski definition) is 9. The number of phenolic OH excluding ortho intramolecular Hbond substituents is 1. The van der Waals surface area contributed by atoms with E-state index in [1.165, 1.54) is 6.33 Å². The highest BCUT2D eigenvalue weighted by Gasteiger charge is 2.31. The van der Waals surface area contributed by atoms with Crippen molar-refractivity contribution in [1.29, 1.82) is 5.41 Å².